The molecule has 1 aromatic heterocycles. The van der Waals surface area contributed by atoms with Crippen molar-refractivity contribution in [2.45, 2.75) is 19.2 Å². The molecule has 0 aliphatic carbocycles. The quantitative estimate of drug-likeness (QED) is 0.720. The van der Waals surface area contributed by atoms with Gasteiger partial charge in [-0.15, -0.1) is 13.2 Å². The van der Waals surface area contributed by atoms with Crippen molar-refractivity contribution < 1.29 is 32.2 Å². The van der Waals surface area contributed by atoms with E-state index in [4.69, 9.17) is 4.74 Å². The average molecular weight is 380 g/mol. The van der Waals surface area contributed by atoms with Crippen LogP contribution < -0.4 is 9.47 Å². The van der Waals surface area contributed by atoms with Crippen molar-refractivity contribution in [3.8, 4) is 22.8 Å². The lowest BCUT2D eigenvalue weighted by Gasteiger charge is -2.14. The topological polar surface area (TPSA) is 68.7 Å². The monoisotopic (exact) mass is 380 g/mol. The van der Waals surface area contributed by atoms with Gasteiger partial charge in [0.2, 0.25) is 11.8 Å². The number of carbonyl (C=O) groups is 2. The molecular weight excluding hydrogens is 365 g/mol. The number of carbonyl (C=O) groups excluding carboxylic acids is 2. The maximum atomic E-state index is 12.2. The number of hydrogen-bond donors (Lipinski definition) is 0. The van der Waals surface area contributed by atoms with Gasteiger partial charge in [-0.2, -0.15) is 0 Å². The summed E-state index contributed by atoms with van der Waals surface area (Å²) in [6, 6.07) is 8.65. The fourth-order valence-electron chi connectivity index (χ4n) is 2.59. The number of nitrogens with zero attached hydrogens (tertiary/aromatic N) is 2. The van der Waals surface area contributed by atoms with Crippen molar-refractivity contribution in [2.75, 3.05) is 13.2 Å². The highest BCUT2D eigenvalue weighted by molar-refractivity contribution is 6.01. The van der Waals surface area contributed by atoms with Gasteiger partial charge in [0, 0.05) is 18.4 Å². The molecule has 0 unspecified atom stereocenters. The zero-order chi connectivity index (χ0) is 19.4. The molecule has 142 valence electrons. The summed E-state index contributed by atoms with van der Waals surface area (Å²) >= 11 is 0. The van der Waals surface area contributed by atoms with E-state index in [-0.39, 0.29) is 43.6 Å². The number of amides is 2. The Morgan fingerprint density at radius 2 is 1.59 bits per heavy atom. The second-order valence-electron chi connectivity index (χ2n) is 5.74. The molecule has 0 spiro atoms. The first kappa shape index (κ1) is 18.7. The molecule has 3 rings (SSSR count). The van der Waals surface area contributed by atoms with Crippen LogP contribution in [0.4, 0.5) is 13.2 Å². The highest BCUT2D eigenvalue weighted by Gasteiger charge is 2.31. The van der Waals surface area contributed by atoms with Gasteiger partial charge < -0.3 is 9.47 Å². The molecule has 2 amide bonds. The number of benzene rings is 1. The fourth-order valence-corrected chi connectivity index (χ4v) is 2.59. The third-order valence-corrected chi connectivity index (χ3v) is 3.86. The number of likely N-dealkylation sites (tertiary alicyclic amines) is 1. The van der Waals surface area contributed by atoms with E-state index in [1.807, 2.05) is 0 Å². The summed E-state index contributed by atoms with van der Waals surface area (Å²) in [6.45, 7) is 0.335. The molecule has 0 radical (unpaired) electrons. The molecule has 0 atom stereocenters. The summed E-state index contributed by atoms with van der Waals surface area (Å²) in [7, 11) is 0. The van der Waals surface area contributed by atoms with Crippen LogP contribution in [0.3, 0.4) is 0 Å². The lowest BCUT2D eigenvalue weighted by molar-refractivity contribution is -0.274. The minimum atomic E-state index is -4.73. The Bertz CT molecular complexity index is 804. The van der Waals surface area contributed by atoms with Gasteiger partial charge >= 0.3 is 6.36 Å². The molecule has 1 aromatic carbocycles. The third kappa shape index (κ3) is 4.96. The molecule has 1 aliphatic heterocycles. The molecule has 1 fully saturated rings. The van der Waals surface area contributed by atoms with Gasteiger partial charge in [0.25, 0.3) is 0 Å². The van der Waals surface area contributed by atoms with Crippen molar-refractivity contribution in [3.05, 3.63) is 42.6 Å². The number of alkyl halides is 3. The van der Waals surface area contributed by atoms with Gasteiger partial charge in [0.1, 0.15) is 18.1 Å². The van der Waals surface area contributed by atoms with Crippen molar-refractivity contribution >= 4 is 11.8 Å². The largest absolute Gasteiger partial charge is 0.573 e. The number of ether oxygens (including phenoxy) is 2. The van der Waals surface area contributed by atoms with E-state index >= 15 is 0 Å². The number of pyridine rings is 1. The molecule has 27 heavy (non-hydrogen) atoms. The normalized spacial score (nSPS) is 14.6. The van der Waals surface area contributed by atoms with Crippen LogP contribution in [-0.2, 0) is 9.59 Å². The van der Waals surface area contributed by atoms with E-state index in [0.29, 0.717) is 17.0 Å². The first-order valence-corrected chi connectivity index (χ1v) is 8.10. The maximum absolute atomic E-state index is 12.2. The minimum absolute atomic E-state index is 0.155. The van der Waals surface area contributed by atoms with Gasteiger partial charge in [0.05, 0.1) is 18.4 Å². The number of aromatic nitrogens is 1. The van der Waals surface area contributed by atoms with E-state index in [0.717, 1.165) is 0 Å². The van der Waals surface area contributed by atoms with Crippen LogP contribution in [0.2, 0.25) is 0 Å². The smallest absolute Gasteiger partial charge is 0.490 e. The van der Waals surface area contributed by atoms with Crippen LogP contribution in [0.25, 0.3) is 11.3 Å². The van der Waals surface area contributed by atoms with Gasteiger partial charge in [-0.25, -0.2) is 0 Å². The first-order valence-electron chi connectivity index (χ1n) is 8.10. The van der Waals surface area contributed by atoms with Crippen LogP contribution in [0.1, 0.15) is 12.8 Å². The number of halogens is 3. The van der Waals surface area contributed by atoms with Gasteiger partial charge in [-0.1, -0.05) is 0 Å². The number of hydrogen-bond acceptors (Lipinski definition) is 5. The Kier molecular flexibility index (Phi) is 5.29. The summed E-state index contributed by atoms with van der Waals surface area (Å²) in [5, 5.41) is 0. The molecule has 0 bridgehead atoms. The molecular formula is C18H15F3N2O4. The SMILES string of the molecule is O=C1CCC(=O)N1CCOc1ccc(-c2ccc(OC(F)(F)F)cc2)nc1. The lowest BCUT2D eigenvalue weighted by Crippen LogP contribution is -2.33. The van der Waals surface area contributed by atoms with Gasteiger partial charge in [-0.05, 0) is 36.4 Å². The van der Waals surface area contributed by atoms with Crippen molar-refractivity contribution in [3.63, 3.8) is 0 Å². The van der Waals surface area contributed by atoms with Crippen molar-refractivity contribution in [2.24, 2.45) is 0 Å². The lowest BCUT2D eigenvalue weighted by atomic mass is 10.1. The van der Waals surface area contributed by atoms with Crippen LogP contribution in [0.15, 0.2) is 42.6 Å². The second-order valence-corrected chi connectivity index (χ2v) is 5.74. The third-order valence-electron chi connectivity index (χ3n) is 3.86. The Hall–Kier alpha value is -3.10. The highest BCUT2D eigenvalue weighted by Crippen LogP contribution is 2.26. The molecule has 0 N–H and O–H groups in total. The summed E-state index contributed by atoms with van der Waals surface area (Å²) < 4.78 is 45.8. The predicted octanol–water partition coefficient (Wildman–Crippen LogP) is 3.18. The molecule has 2 heterocycles. The summed E-state index contributed by atoms with van der Waals surface area (Å²) in [4.78, 5) is 28.4. The van der Waals surface area contributed by atoms with Gasteiger partial charge in [-0.3, -0.25) is 19.5 Å². The van der Waals surface area contributed by atoms with E-state index in [2.05, 4.69) is 9.72 Å². The molecule has 1 saturated heterocycles. The van der Waals surface area contributed by atoms with Crippen LogP contribution >= 0.6 is 0 Å². The Balaban J connectivity index is 1.55. The predicted molar refractivity (Wildman–Crippen MR) is 87.8 cm³/mol. The van der Waals surface area contributed by atoms with Crippen LogP contribution in [0.5, 0.6) is 11.5 Å². The maximum Gasteiger partial charge on any atom is 0.573 e. The molecule has 1 aliphatic rings. The molecule has 9 heteroatoms. The number of rotatable bonds is 6. The summed E-state index contributed by atoms with van der Waals surface area (Å²) in [6.07, 6.45) is -2.80. The second kappa shape index (κ2) is 7.65. The standard InChI is InChI=1S/C18H15F3N2O4/c19-18(20,21)27-13-3-1-12(2-4-13)15-6-5-14(11-22-15)26-10-9-23-16(24)7-8-17(23)25/h1-6,11H,7-10H2. The Morgan fingerprint density at radius 3 is 2.15 bits per heavy atom. The fraction of sp³-hybridized carbons (Fsp3) is 0.278. The van der Waals surface area contributed by atoms with E-state index in [9.17, 15) is 22.8 Å². The van der Waals surface area contributed by atoms with Crippen molar-refractivity contribution in [1.82, 2.24) is 9.88 Å². The Morgan fingerprint density at radius 1 is 0.963 bits per heavy atom. The molecule has 2 aromatic rings. The Labute approximate surface area is 152 Å². The number of imide groups is 1. The van der Waals surface area contributed by atoms with E-state index in [1.165, 1.54) is 35.4 Å². The highest BCUT2D eigenvalue weighted by atomic mass is 19.4. The summed E-state index contributed by atoms with van der Waals surface area (Å²) in [5.41, 5.74) is 1.16. The van der Waals surface area contributed by atoms with Gasteiger partial charge in [0.15, 0.2) is 0 Å². The minimum Gasteiger partial charge on any atom is -0.490 e. The van der Waals surface area contributed by atoms with Crippen LogP contribution in [-0.4, -0.2) is 41.2 Å². The van der Waals surface area contributed by atoms with Crippen molar-refractivity contribution in [1.29, 1.82) is 0 Å². The summed E-state index contributed by atoms with van der Waals surface area (Å²) in [5.74, 6) is -0.253. The molecule has 0 saturated carbocycles. The first-order chi connectivity index (χ1) is 12.8. The van der Waals surface area contributed by atoms with E-state index < -0.39 is 6.36 Å². The molecule has 6 nitrogen and oxygen atoms in total. The average Bonchev–Trinajstić information content (AvgIpc) is 2.94. The van der Waals surface area contributed by atoms with Crippen LogP contribution in [0, 0.1) is 0 Å². The van der Waals surface area contributed by atoms with E-state index in [1.54, 1.807) is 12.1 Å². The zero-order valence-electron chi connectivity index (χ0n) is 14.0. The zero-order valence-corrected chi connectivity index (χ0v) is 14.0.